The van der Waals surface area contributed by atoms with Crippen LogP contribution in [0.15, 0.2) is 53.8 Å². The summed E-state index contributed by atoms with van der Waals surface area (Å²) in [5, 5.41) is 15.4. The van der Waals surface area contributed by atoms with E-state index >= 15 is 0 Å². The summed E-state index contributed by atoms with van der Waals surface area (Å²) in [5.41, 5.74) is 1.35. The fraction of sp³-hybridized carbons (Fsp3) is 0.308. The maximum absolute atomic E-state index is 14.7. The number of fused-ring (bicyclic) bond motifs is 1. The van der Waals surface area contributed by atoms with E-state index in [2.05, 4.69) is 25.6 Å². The fourth-order valence-corrected chi connectivity index (χ4v) is 6.37. The van der Waals surface area contributed by atoms with Crippen LogP contribution in [0.3, 0.4) is 0 Å². The highest BCUT2D eigenvalue weighted by Gasteiger charge is 2.28. The maximum atomic E-state index is 14.7. The van der Waals surface area contributed by atoms with Crippen LogP contribution in [0.4, 0.5) is 15.0 Å². The van der Waals surface area contributed by atoms with Crippen LogP contribution in [0.2, 0.25) is 5.02 Å². The normalized spacial score (nSPS) is 17.7. The summed E-state index contributed by atoms with van der Waals surface area (Å²) in [4.78, 5) is 24.0. The number of carboxylic acid groups (broad SMARTS) is 1. The van der Waals surface area contributed by atoms with E-state index in [-0.39, 0.29) is 39.2 Å². The van der Waals surface area contributed by atoms with Gasteiger partial charge in [0.15, 0.2) is 23.1 Å². The zero-order chi connectivity index (χ0) is 27.7. The molecule has 5 rings (SSSR count). The Hall–Kier alpha value is -3.77. The van der Waals surface area contributed by atoms with Gasteiger partial charge in [0, 0.05) is 35.9 Å². The van der Waals surface area contributed by atoms with E-state index in [9.17, 15) is 17.6 Å². The molecule has 2 atom stereocenters. The molecule has 0 bridgehead atoms. The molecule has 3 aromatic heterocycles. The molecule has 204 valence electrons. The van der Waals surface area contributed by atoms with Crippen LogP contribution < -0.4 is 10.6 Å². The van der Waals surface area contributed by atoms with Gasteiger partial charge >= 0.3 is 6.09 Å². The Morgan fingerprint density at radius 2 is 1.92 bits per heavy atom. The molecule has 1 amide bonds. The number of anilines is 1. The average molecular weight is 573 g/mol. The van der Waals surface area contributed by atoms with Crippen LogP contribution in [0.5, 0.6) is 0 Å². The highest BCUT2D eigenvalue weighted by atomic mass is 35.5. The monoisotopic (exact) mass is 572 g/mol. The quantitative estimate of drug-likeness (QED) is 0.279. The molecule has 1 aromatic carbocycles. The molecule has 0 spiro atoms. The van der Waals surface area contributed by atoms with Gasteiger partial charge in [-0.3, -0.25) is 0 Å². The minimum Gasteiger partial charge on any atom is -0.465 e. The van der Waals surface area contributed by atoms with E-state index in [4.69, 9.17) is 16.7 Å². The molecular formula is C26H26ClFN6O4S. The van der Waals surface area contributed by atoms with Crippen molar-refractivity contribution < 1.29 is 22.7 Å². The Morgan fingerprint density at radius 3 is 2.67 bits per heavy atom. The summed E-state index contributed by atoms with van der Waals surface area (Å²) in [7, 11) is -4.03. The minimum absolute atomic E-state index is 0.0442. The topological polar surface area (TPSA) is 139 Å². The van der Waals surface area contributed by atoms with Crippen LogP contribution in [0.25, 0.3) is 22.4 Å². The fourth-order valence-electron chi connectivity index (χ4n) is 4.89. The zero-order valence-corrected chi connectivity index (χ0v) is 22.5. The van der Waals surface area contributed by atoms with Crippen molar-refractivity contribution in [3.05, 3.63) is 65.3 Å². The van der Waals surface area contributed by atoms with E-state index < -0.39 is 21.9 Å². The van der Waals surface area contributed by atoms with Gasteiger partial charge < -0.3 is 15.7 Å². The number of aromatic nitrogens is 4. The lowest BCUT2D eigenvalue weighted by Gasteiger charge is -2.31. The number of amides is 1. The smallest absolute Gasteiger partial charge is 0.404 e. The first-order valence-corrected chi connectivity index (χ1v) is 14.2. The van der Waals surface area contributed by atoms with E-state index in [0.29, 0.717) is 23.9 Å². The summed E-state index contributed by atoms with van der Waals surface area (Å²) >= 11 is 6.20. The minimum atomic E-state index is -4.03. The lowest BCUT2D eigenvalue weighted by molar-refractivity contribution is 0.177. The molecule has 39 heavy (non-hydrogen) atoms. The number of rotatable bonds is 7. The van der Waals surface area contributed by atoms with Gasteiger partial charge in [-0.05, 0) is 43.9 Å². The number of aryl methyl sites for hydroxylation is 1. The molecule has 3 N–H and O–H groups in total. The lowest BCUT2D eigenvalue weighted by atomic mass is 9.84. The summed E-state index contributed by atoms with van der Waals surface area (Å²) < 4.78 is 42.8. The molecule has 10 nitrogen and oxygen atoms in total. The van der Waals surface area contributed by atoms with Gasteiger partial charge in [-0.2, -0.15) is 0 Å². The lowest BCUT2D eigenvalue weighted by Crippen LogP contribution is -2.44. The molecule has 0 radical (unpaired) electrons. The van der Waals surface area contributed by atoms with E-state index in [1.54, 1.807) is 18.2 Å². The van der Waals surface area contributed by atoms with Gasteiger partial charge in [-0.25, -0.2) is 36.5 Å². The third kappa shape index (κ3) is 5.52. The number of hydrogen-bond donors (Lipinski definition) is 3. The standard InChI is InChI=1S/C26H26ClFN6O4S/c1-15-6-8-18(9-7-15)39(37,38)34-14-20(19-10-17(27)12-31-25(19)34)23-30-13-21(28)24(33-23)29-11-16-4-2-3-5-22(16)32-26(35)36/h6-10,12-14,16,22,32H,2-5,11H2,1H3,(H,35,36)(H,29,30,33)/t16-,22+/m0/s1. The maximum Gasteiger partial charge on any atom is 0.404 e. The molecule has 4 aromatic rings. The van der Waals surface area contributed by atoms with Crippen molar-refractivity contribution in [2.75, 3.05) is 11.9 Å². The van der Waals surface area contributed by atoms with E-state index in [0.717, 1.165) is 35.0 Å². The predicted molar refractivity (Wildman–Crippen MR) is 145 cm³/mol. The second-order valence-electron chi connectivity index (χ2n) is 9.55. The summed E-state index contributed by atoms with van der Waals surface area (Å²) in [6.45, 7) is 2.16. The average Bonchev–Trinajstić information content (AvgIpc) is 3.28. The van der Waals surface area contributed by atoms with Gasteiger partial charge in [0.25, 0.3) is 10.0 Å². The van der Waals surface area contributed by atoms with Crippen LogP contribution in [-0.2, 0) is 10.0 Å². The number of carbonyl (C=O) groups is 1. The van der Waals surface area contributed by atoms with Crippen LogP contribution in [-0.4, -0.2) is 51.1 Å². The molecule has 0 unspecified atom stereocenters. The first-order valence-electron chi connectivity index (χ1n) is 12.4. The predicted octanol–water partition coefficient (Wildman–Crippen LogP) is 5.07. The van der Waals surface area contributed by atoms with Crippen molar-refractivity contribution in [2.45, 2.75) is 43.5 Å². The van der Waals surface area contributed by atoms with Crippen molar-refractivity contribution >= 4 is 44.6 Å². The van der Waals surface area contributed by atoms with Crippen LogP contribution in [0, 0.1) is 18.7 Å². The molecule has 0 saturated heterocycles. The Morgan fingerprint density at radius 1 is 1.18 bits per heavy atom. The van der Waals surface area contributed by atoms with E-state index in [1.165, 1.54) is 24.5 Å². The number of halogens is 2. The number of benzene rings is 1. The van der Waals surface area contributed by atoms with Crippen molar-refractivity contribution in [3.8, 4) is 11.4 Å². The highest BCUT2D eigenvalue weighted by Crippen LogP contribution is 2.33. The molecular weight excluding hydrogens is 547 g/mol. The molecule has 1 aliphatic rings. The third-order valence-electron chi connectivity index (χ3n) is 6.89. The molecule has 1 fully saturated rings. The second kappa shape index (κ2) is 10.8. The third-order valence-corrected chi connectivity index (χ3v) is 8.76. The number of pyridine rings is 1. The first kappa shape index (κ1) is 26.8. The molecule has 1 aliphatic carbocycles. The summed E-state index contributed by atoms with van der Waals surface area (Å²) in [6.07, 6.45) is 5.97. The Balaban J connectivity index is 1.51. The van der Waals surface area contributed by atoms with Crippen molar-refractivity contribution in [3.63, 3.8) is 0 Å². The molecule has 3 heterocycles. The summed E-state index contributed by atoms with van der Waals surface area (Å²) in [5.74, 6) is -0.728. The number of nitrogens with zero attached hydrogens (tertiary/aromatic N) is 4. The first-order chi connectivity index (χ1) is 18.6. The largest absolute Gasteiger partial charge is 0.465 e. The van der Waals surface area contributed by atoms with Crippen LogP contribution >= 0.6 is 11.6 Å². The van der Waals surface area contributed by atoms with Crippen molar-refractivity contribution in [2.24, 2.45) is 5.92 Å². The number of hydrogen-bond acceptors (Lipinski definition) is 7. The molecule has 1 saturated carbocycles. The van der Waals surface area contributed by atoms with Gasteiger partial charge in [-0.1, -0.05) is 42.1 Å². The van der Waals surface area contributed by atoms with Crippen molar-refractivity contribution in [1.82, 2.24) is 24.2 Å². The SMILES string of the molecule is Cc1ccc(S(=O)(=O)n2cc(-c3ncc(F)c(NC[C@@H]4CCCC[C@H]4NC(=O)O)n3)c3cc(Cl)cnc32)cc1. The Kier molecular flexibility index (Phi) is 7.41. The summed E-state index contributed by atoms with van der Waals surface area (Å²) in [6, 6.07) is 7.75. The van der Waals surface area contributed by atoms with Crippen LogP contribution in [0.1, 0.15) is 31.2 Å². The van der Waals surface area contributed by atoms with Gasteiger partial charge in [0.2, 0.25) is 0 Å². The second-order valence-corrected chi connectivity index (χ2v) is 11.8. The Labute approximate surface area is 229 Å². The Bertz CT molecular complexity index is 1640. The van der Waals surface area contributed by atoms with Gasteiger partial charge in [0.05, 0.1) is 16.1 Å². The van der Waals surface area contributed by atoms with Gasteiger partial charge in [-0.15, -0.1) is 0 Å². The van der Waals surface area contributed by atoms with E-state index in [1.807, 2.05) is 6.92 Å². The zero-order valence-electron chi connectivity index (χ0n) is 20.9. The molecule has 13 heteroatoms. The molecule has 0 aliphatic heterocycles. The van der Waals surface area contributed by atoms with Gasteiger partial charge in [0.1, 0.15) is 0 Å². The highest BCUT2D eigenvalue weighted by molar-refractivity contribution is 7.90. The number of nitrogens with one attached hydrogen (secondary N) is 2. The van der Waals surface area contributed by atoms with Crippen molar-refractivity contribution in [1.29, 1.82) is 0 Å².